The molecule has 3 heteroatoms. The van der Waals surface area contributed by atoms with E-state index >= 15 is 0 Å². The molecule has 14 heavy (non-hydrogen) atoms. The van der Waals surface area contributed by atoms with Gasteiger partial charge in [-0.15, -0.1) is 0 Å². The van der Waals surface area contributed by atoms with Gasteiger partial charge in [-0.1, -0.05) is 20.3 Å². The summed E-state index contributed by atoms with van der Waals surface area (Å²) in [5.41, 5.74) is -0.345. The maximum absolute atomic E-state index is 8.92. The Hall–Kier alpha value is -0.200. The number of nitrogens with one attached hydrogen (secondary N) is 1. The summed E-state index contributed by atoms with van der Waals surface area (Å²) in [4.78, 5) is 0. The minimum absolute atomic E-state index is 0.345. The molecule has 0 bridgehead atoms. The molecule has 0 heterocycles. The molecule has 0 saturated carbocycles. The third-order valence-electron chi connectivity index (χ3n) is 2.64. The van der Waals surface area contributed by atoms with Crippen LogP contribution >= 0.6 is 11.8 Å². The molecule has 0 rings (SSSR count). The monoisotopic (exact) mass is 214 g/mol. The molecule has 2 unspecified atom stereocenters. The van der Waals surface area contributed by atoms with E-state index in [0.29, 0.717) is 0 Å². The summed E-state index contributed by atoms with van der Waals surface area (Å²) in [5.74, 6) is 3.07. The van der Waals surface area contributed by atoms with E-state index in [1.165, 1.54) is 12.2 Å². The van der Waals surface area contributed by atoms with E-state index in [0.717, 1.165) is 18.1 Å². The van der Waals surface area contributed by atoms with Gasteiger partial charge in [0.1, 0.15) is 5.54 Å². The van der Waals surface area contributed by atoms with Crippen molar-refractivity contribution in [1.29, 1.82) is 5.26 Å². The molecule has 0 fully saturated rings. The van der Waals surface area contributed by atoms with Gasteiger partial charge in [0.2, 0.25) is 0 Å². The second-order valence-corrected chi connectivity index (χ2v) is 5.18. The second kappa shape index (κ2) is 7.14. The predicted molar refractivity (Wildman–Crippen MR) is 64.5 cm³/mol. The summed E-state index contributed by atoms with van der Waals surface area (Å²) < 4.78 is 0. The molecule has 0 amide bonds. The highest BCUT2D eigenvalue weighted by molar-refractivity contribution is 7.99. The van der Waals surface area contributed by atoms with Crippen LogP contribution in [0.3, 0.4) is 0 Å². The zero-order valence-corrected chi connectivity index (χ0v) is 10.6. The largest absolute Gasteiger partial charge is 0.303 e. The lowest BCUT2D eigenvalue weighted by atomic mass is 10.0. The molecule has 1 N–H and O–H groups in total. The van der Waals surface area contributed by atoms with Crippen LogP contribution in [0.2, 0.25) is 0 Å². The number of hydrogen-bond donors (Lipinski definition) is 1. The van der Waals surface area contributed by atoms with Gasteiger partial charge in [0.05, 0.1) is 6.07 Å². The first-order valence-electron chi connectivity index (χ1n) is 5.26. The van der Waals surface area contributed by atoms with Crippen LogP contribution in [0.5, 0.6) is 0 Å². The van der Waals surface area contributed by atoms with Gasteiger partial charge in [0, 0.05) is 0 Å². The quantitative estimate of drug-likeness (QED) is 0.662. The Morgan fingerprint density at radius 3 is 2.64 bits per heavy atom. The van der Waals surface area contributed by atoms with E-state index in [1.54, 1.807) is 0 Å². The molecule has 0 aliphatic heterocycles. The van der Waals surface area contributed by atoms with Crippen molar-refractivity contribution in [1.82, 2.24) is 5.32 Å². The van der Waals surface area contributed by atoms with Crippen LogP contribution in [-0.2, 0) is 0 Å². The minimum atomic E-state index is -0.345. The fourth-order valence-electron chi connectivity index (χ4n) is 0.915. The number of hydrogen-bond acceptors (Lipinski definition) is 3. The van der Waals surface area contributed by atoms with Crippen molar-refractivity contribution >= 4 is 11.8 Å². The summed E-state index contributed by atoms with van der Waals surface area (Å²) in [7, 11) is 1.85. The molecule has 2 nitrogen and oxygen atoms in total. The highest BCUT2D eigenvalue weighted by Gasteiger charge is 2.20. The van der Waals surface area contributed by atoms with Crippen LogP contribution < -0.4 is 5.32 Å². The zero-order chi connectivity index (χ0) is 11.0. The van der Waals surface area contributed by atoms with Crippen molar-refractivity contribution in [3.8, 4) is 6.07 Å². The Balaban J connectivity index is 3.59. The van der Waals surface area contributed by atoms with E-state index in [4.69, 9.17) is 5.26 Å². The first-order valence-corrected chi connectivity index (χ1v) is 6.41. The van der Waals surface area contributed by atoms with Gasteiger partial charge < -0.3 is 5.32 Å². The SMILES string of the molecule is CCC(C)CSCCC(C)(C#N)NC. The Labute approximate surface area is 92.5 Å². The zero-order valence-electron chi connectivity index (χ0n) is 9.76. The minimum Gasteiger partial charge on any atom is -0.303 e. The van der Waals surface area contributed by atoms with Gasteiger partial charge in [-0.3, -0.25) is 0 Å². The average Bonchev–Trinajstić information content (AvgIpc) is 2.23. The maximum Gasteiger partial charge on any atom is 0.104 e. The lowest BCUT2D eigenvalue weighted by molar-refractivity contribution is 0.479. The molecular weight excluding hydrogens is 192 g/mol. The molecular formula is C11H22N2S. The lowest BCUT2D eigenvalue weighted by Gasteiger charge is -2.20. The van der Waals surface area contributed by atoms with E-state index in [2.05, 4.69) is 25.2 Å². The summed E-state index contributed by atoms with van der Waals surface area (Å²) in [6, 6.07) is 2.31. The van der Waals surface area contributed by atoms with Crippen molar-refractivity contribution in [2.45, 2.75) is 39.2 Å². The van der Waals surface area contributed by atoms with Gasteiger partial charge in [0.15, 0.2) is 0 Å². The van der Waals surface area contributed by atoms with E-state index in [-0.39, 0.29) is 5.54 Å². The fourth-order valence-corrected chi connectivity index (χ4v) is 2.27. The summed E-state index contributed by atoms with van der Waals surface area (Å²) >= 11 is 1.95. The van der Waals surface area contributed by atoms with Crippen molar-refractivity contribution in [3.63, 3.8) is 0 Å². The molecule has 0 aliphatic carbocycles. The highest BCUT2D eigenvalue weighted by Crippen LogP contribution is 2.16. The molecule has 0 aliphatic rings. The second-order valence-electron chi connectivity index (χ2n) is 4.03. The van der Waals surface area contributed by atoms with Gasteiger partial charge in [-0.2, -0.15) is 17.0 Å². The molecule has 82 valence electrons. The smallest absolute Gasteiger partial charge is 0.104 e. The Morgan fingerprint density at radius 1 is 1.57 bits per heavy atom. The van der Waals surface area contributed by atoms with Gasteiger partial charge >= 0.3 is 0 Å². The first kappa shape index (κ1) is 13.8. The van der Waals surface area contributed by atoms with Crippen LogP contribution in [0.15, 0.2) is 0 Å². The molecule has 2 atom stereocenters. The van der Waals surface area contributed by atoms with Crippen molar-refractivity contribution < 1.29 is 0 Å². The Kier molecular flexibility index (Phi) is 7.04. The van der Waals surface area contributed by atoms with Crippen LogP contribution in [0.4, 0.5) is 0 Å². The molecule has 0 aromatic rings. The first-order chi connectivity index (χ1) is 6.58. The van der Waals surface area contributed by atoms with Crippen molar-refractivity contribution in [2.24, 2.45) is 5.92 Å². The number of rotatable bonds is 7. The Bertz CT molecular complexity index is 188. The predicted octanol–water partition coefficient (Wildman–Crippen LogP) is 2.66. The van der Waals surface area contributed by atoms with Crippen LogP contribution in [0, 0.1) is 17.2 Å². The third-order valence-corrected chi connectivity index (χ3v) is 3.94. The summed E-state index contributed by atoms with van der Waals surface area (Å²) in [5, 5.41) is 12.0. The van der Waals surface area contributed by atoms with Crippen molar-refractivity contribution in [2.75, 3.05) is 18.6 Å². The summed E-state index contributed by atoms with van der Waals surface area (Å²) in [6.07, 6.45) is 2.16. The van der Waals surface area contributed by atoms with Crippen LogP contribution in [0.25, 0.3) is 0 Å². The van der Waals surface area contributed by atoms with Gasteiger partial charge in [-0.25, -0.2) is 0 Å². The number of nitriles is 1. The summed E-state index contributed by atoms with van der Waals surface area (Å²) in [6.45, 7) is 6.45. The lowest BCUT2D eigenvalue weighted by Crippen LogP contribution is -2.38. The van der Waals surface area contributed by atoms with Gasteiger partial charge in [-0.05, 0) is 37.8 Å². The van der Waals surface area contributed by atoms with E-state index in [1.807, 2.05) is 25.7 Å². The van der Waals surface area contributed by atoms with E-state index < -0.39 is 0 Å². The maximum atomic E-state index is 8.92. The molecule has 0 aromatic heterocycles. The van der Waals surface area contributed by atoms with Crippen LogP contribution in [0.1, 0.15) is 33.6 Å². The average molecular weight is 214 g/mol. The van der Waals surface area contributed by atoms with Gasteiger partial charge in [0.25, 0.3) is 0 Å². The third kappa shape index (κ3) is 5.51. The fraction of sp³-hybridized carbons (Fsp3) is 0.909. The Morgan fingerprint density at radius 2 is 2.21 bits per heavy atom. The van der Waals surface area contributed by atoms with Crippen LogP contribution in [-0.4, -0.2) is 24.1 Å². The normalized spacial score (nSPS) is 17.1. The molecule has 0 spiro atoms. The highest BCUT2D eigenvalue weighted by atomic mass is 32.2. The molecule has 0 radical (unpaired) electrons. The standard InChI is InChI=1S/C11H22N2S/c1-5-10(2)8-14-7-6-11(3,9-12)13-4/h10,13H,5-8H2,1-4H3. The number of nitrogens with zero attached hydrogens (tertiary/aromatic N) is 1. The molecule has 0 saturated heterocycles. The number of thioether (sulfide) groups is 1. The van der Waals surface area contributed by atoms with E-state index in [9.17, 15) is 0 Å². The van der Waals surface area contributed by atoms with Crippen molar-refractivity contribution in [3.05, 3.63) is 0 Å². The topological polar surface area (TPSA) is 35.8 Å². The molecule has 0 aromatic carbocycles.